The van der Waals surface area contributed by atoms with Gasteiger partial charge in [0.1, 0.15) is 25.6 Å². The highest BCUT2D eigenvalue weighted by molar-refractivity contribution is 5.90. The van der Waals surface area contributed by atoms with Gasteiger partial charge >= 0.3 is 17.9 Å². The lowest BCUT2D eigenvalue weighted by molar-refractivity contribution is 0.0435. The molecule has 0 fully saturated rings. The number of carboxylic acid groups (broad SMARTS) is 1. The molecule has 0 aliphatic rings. The van der Waals surface area contributed by atoms with E-state index < -0.39 is 17.9 Å². The third-order valence-corrected chi connectivity index (χ3v) is 6.71. The van der Waals surface area contributed by atoms with E-state index in [2.05, 4.69) is 0 Å². The first kappa shape index (κ1) is 28.8. The molecule has 0 heterocycles. The number of carbonyl (C=O) groups excluding carboxylic acids is 2. The quantitative estimate of drug-likeness (QED) is 0.165. The smallest absolute Gasteiger partial charge is 0.338 e. The zero-order valence-corrected chi connectivity index (χ0v) is 23.1. The lowest BCUT2D eigenvalue weighted by Gasteiger charge is -2.15. The van der Waals surface area contributed by atoms with Crippen LogP contribution in [-0.4, -0.2) is 23.0 Å². The highest BCUT2D eigenvalue weighted by Crippen LogP contribution is 2.32. The van der Waals surface area contributed by atoms with E-state index >= 15 is 0 Å². The first-order valence-corrected chi connectivity index (χ1v) is 13.6. The van der Waals surface area contributed by atoms with E-state index in [1.165, 1.54) is 6.07 Å². The third-order valence-electron chi connectivity index (χ3n) is 6.71. The molecule has 5 rings (SSSR count). The average molecular weight is 573 g/mol. The predicted octanol–water partition coefficient (Wildman–Crippen LogP) is 7.34. The molecule has 0 unspecified atom stereocenters. The van der Waals surface area contributed by atoms with Crippen molar-refractivity contribution in [1.82, 2.24) is 0 Å². The molecule has 0 spiro atoms. The van der Waals surface area contributed by atoms with Crippen LogP contribution in [-0.2, 0) is 29.3 Å². The minimum Gasteiger partial charge on any atom is -0.488 e. The van der Waals surface area contributed by atoms with Crippen molar-refractivity contribution in [3.63, 3.8) is 0 Å². The second kappa shape index (κ2) is 13.8. The zero-order chi connectivity index (χ0) is 30.0. The minimum atomic E-state index is -1.05. The molecule has 0 aliphatic heterocycles. The number of esters is 2. The summed E-state index contributed by atoms with van der Waals surface area (Å²) in [5, 5.41) is 9.54. The number of hydrogen-bond acceptors (Lipinski definition) is 6. The van der Waals surface area contributed by atoms with Crippen molar-refractivity contribution < 1.29 is 33.7 Å². The third kappa shape index (κ3) is 7.54. The number of aromatic carboxylic acids is 1. The van der Waals surface area contributed by atoms with Gasteiger partial charge in [0.15, 0.2) is 0 Å². The molecule has 7 nitrogen and oxygen atoms in total. The molecule has 0 bridgehead atoms. The van der Waals surface area contributed by atoms with Gasteiger partial charge < -0.3 is 19.3 Å². The number of benzene rings is 5. The zero-order valence-electron chi connectivity index (χ0n) is 23.1. The molecule has 0 saturated heterocycles. The molecule has 0 atom stereocenters. The second-order valence-corrected chi connectivity index (χ2v) is 9.66. The van der Waals surface area contributed by atoms with E-state index in [1.807, 2.05) is 54.6 Å². The van der Waals surface area contributed by atoms with Crippen molar-refractivity contribution in [1.29, 1.82) is 0 Å². The fourth-order valence-electron chi connectivity index (χ4n) is 4.44. The van der Waals surface area contributed by atoms with Crippen LogP contribution in [0, 0.1) is 0 Å². The fraction of sp³-hybridized carbons (Fsp3) is 0.0833. The summed E-state index contributed by atoms with van der Waals surface area (Å²) in [5.41, 5.74) is 4.68. The van der Waals surface area contributed by atoms with Gasteiger partial charge in [0.05, 0.1) is 16.7 Å². The second-order valence-electron chi connectivity index (χ2n) is 9.66. The monoisotopic (exact) mass is 572 g/mol. The van der Waals surface area contributed by atoms with Crippen LogP contribution in [0.15, 0.2) is 127 Å². The summed E-state index contributed by atoms with van der Waals surface area (Å²) in [5.74, 6) is -1.58. The summed E-state index contributed by atoms with van der Waals surface area (Å²) in [6.45, 7) is 0.0437. The van der Waals surface area contributed by atoms with Crippen LogP contribution in [0.2, 0.25) is 0 Å². The number of carboxylic acids is 1. The molecule has 0 radical (unpaired) electrons. The summed E-state index contributed by atoms with van der Waals surface area (Å²) >= 11 is 0. The normalized spacial score (nSPS) is 10.5. The molecule has 1 N–H and O–H groups in total. The van der Waals surface area contributed by atoms with Crippen LogP contribution in [0.5, 0.6) is 5.75 Å². The molecule has 214 valence electrons. The summed E-state index contributed by atoms with van der Waals surface area (Å²) < 4.78 is 17.3. The van der Waals surface area contributed by atoms with E-state index in [-0.39, 0.29) is 25.4 Å². The maximum atomic E-state index is 12.7. The first-order chi connectivity index (χ1) is 21.0. The Morgan fingerprint density at radius 3 is 1.67 bits per heavy atom. The van der Waals surface area contributed by atoms with Crippen LogP contribution < -0.4 is 4.74 Å². The molecular formula is C36H28O7. The van der Waals surface area contributed by atoms with Crippen LogP contribution >= 0.6 is 0 Å². The average Bonchev–Trinajstić information content (AvgIpc) is 3.06. The lowest BCUT2D eigenvalue weighted by Crippen LogP contribution is -2.10. The maximum Gasteiger partial charge on any atom is 0.338 e. The number of ether oxygens (including phenoxy) is 3. The summed E-state index contributed by atoms with van der Waals surface area (Å²) in [6.07, 6.45) is 0. The van der Waals surface area contributed by atoms with Gasteiger partial charge in [-0.25, -0.2) is 14.4 Å². The Morgan fingerprint density at radius 2 is 1.09 bits per heavy atom. The number of carbonyl (C=O) groups is 3. The molecule has 5 aromatic carbocycles. The Hall–Kier alpha value is -5.69. The van der Waals surface area contributed by atoms with Gasteiger partial charge in [-0.1, -0.05) is 78.9 Å². The Bertz CT molecular complexity index is 1720. The van der Waals surface area contributed by atoms with E-state index in [0.29, 0.717) is 28.0 Å². The fourth-order valence-corrected chi connectivity index (χ4v) is 4.44. The molecule has 5 aromatic rings. The number of hydrogen-bond donors (Lipinski definition) is 1. The molecule has 43 heavy (non-hydrogen) atoms. The van der Waals surface area contributed by atoms with Crippen LogP contribution in [0.25, 0.3) is 11.1 Å². The van der Waals surface area contributed by atoms with Gasteiger partial charge in [0.2, 0.25) is 0 Å². The largest absolute Gasteiger partial charge is 0.488 e. The van der Waals surface area contributed by atoms with Gasteiger partial charge in [-0.05, 0) is 70.8 Å². The topological polar surface area (TPSA) is 99.1 Å². The Labute approximate surface area is 248 Å². The molecule has 0 aromatic heterocycles. The molecule has 0 saturated carbocycles. The summed E-state index contributed by atoms with van der Waals surface area (Å²) in [6, 6.07) is 37.1. The molecule has 7 heteroatoms. The summed E-state index contributed by atoms with van der Waals surface area (Å²) in [7, 11) is 0. The molecule has 0 amide bonds. The van der Waals surface area contributed by atoms with Crippen molar-refractivity contribution in [2.45, 2.75) is 19.8 Å². The Morgan fingerprint density at radius 1 is 0.535 bits per heavy atom. The first-order valence-electron chi connectivity index (χ1n) is 13.6. The van der Waals surface area contributed by atoms with Crippen molar-refractivity contribution in [2.24, 2.45) is 0 Å². The molecule has 0 aliphatic carbocycles. The van der Waals surface area contributed by atoms with Gasteiger partial charge in [-0.15, -0.1) is 0 Å². The van der Waals surface area contributed by atoms with Crippen LogP contribution in [0.1, 0.15) is 47.8 Å². The molecular weight excluding hydrogens is 544 g/mol. The lowest BCUT2D eigenvalue weighted by atomic mass is 10.0. The van der Waals surface area contributed by atoms with Gasteiger partial charge in [0, 0.05) is 5.56 Å². The predicted molar refractivity (Wildman–Crippen MR) is 161 cm³/mol. The number of rotatable bonds is 11. The van der Waals surface area contributed by atoms with Crippen molar-refractivity contribution in [2.75, 3.05) is 0 Å². The highest BCUT2D eigenvalue weighted by Gasteiger charge is 2.15. The van der Waals surface area contributed by atoms with E-state index in [0.717, 1.165) is 16.7 Å². The van der Waals surface area contributed by atoms with E-state index in [4.69, 9.17) is 14.2 Å². The highest BCUT2D eigenvalue weighted by atomic mass is 16.5. The SMILES string of the molecule is O=C(O)c1ccc(-c2ccccc2)c(OCc2ccc(COC(=O)c3ccccc3)c(COC(=O)c3ccccc3)c2)c1. The van der Waals surface area contributed by atoms with Gasteiger partial charge in [-0.3, -0.25) is 0 Å². The van der Waals surface area contributed by atoms with Gasteiger partial charge in [-0.2, -0.15) is 0 Å². The van der Waals surface area contributed by atoms with Crippen LogP contribution in [0.3, 0.4) is 0 Å². The van der Waals surface area contributed by atoms with E-state index in [1.54, 1.807) is 66.7 Å². The van der Waals surface area contributed by atoms with Gasteiger partial charge in [0.25, 0.3) is 0 Å². The summed E-state index contributed by atoms with van der Waals surface area (Å²) in [4.78, 5) is 36.9. The standard InChI is InChI=1S/C36H28O7/c37-34(38)29-18-19-32(26-10-4-1-5-11-26)33(21-29)41-22-25-16-17-30(23-42-35(39)27-12-6-2-7-13-27)31(20-25)24-43-36(40)28-14-8-3-9-15-28/h1-21H,22-24H2,(H,37,38). The van der Waals surface area contributed by atoms with Crippen molar-refractivity contribution in [3.05, 3.63) is 161 Å². The maximum absolute atomic E-state index is 12.7. The van der Waals surface area contributed by atoms with Crippen LogP contribution in [0.4, 0.5) is 0 Å². The van der Waals surface area contributed by atoms with Crippen molar-refractivity contribution >= 4 is 17.9 Å². The van der Waals surface area contributed by atoms with Crippen molar-refractivity contribution in [3.8, 4) is 16.9 Å². The Balaban J connectivity index is 1.37. The minimum absolute atomic E-state index is 0.0219. The Kier molecular flexibility index (Phi) is 9.24. The van der Waals surface area contributed by atoms with E-state index in [9.17, 15) is 19.5 Å².